The van der Waals surface area contributed by atoms with Crippen LogP contribution >= 0.6 is 0 Å². The van der Waals surface area contributed by atoms with E-state index in [1.807, 2.05) is 4.57 Å². The Balaban J connectivity index is 1.64. The lowest BCUT2D eigenvalue weighted by Crippen LogP contribution is -2.37. The van der Waals surface area contributed by atoms with Crippen molar-refractivity contribution in [3.05, 3.63) is 23.3 Å². The van der Waals surface area contributed by atoms with Crippen LogP contribution in [-0.2, 0) is 6.42 Å². The zero-order valence-electron chi connectivity index (χ0n) is 15.6. The van der Waals surface area contributed by atoms with Gasteiger partial charge in [-0.3, -0.25) is 0 Å². The van der Waals surface area contributed by atoms with E-state index < -0.39 is 5.92 Å². The average molecular weight is 385 g/mol. The van der Waals surface area contributed by atoms with Crippen LogP contribution in [0.15, 0.2) is 10.9 Å². The van der Waals surface area contributed by atoms with Gasteiger partial charge in [0.05, 0.1) is 5.39 Å². The summed E-state index contributed by atoms with van der Waals surface area (Å²) in [5, 5.41) is 5.18. The van der Waals surface area contributed by atoms with Crippen LogP contribution < -0.4 is 5.73 Å². The zero-order chi connectivity index (χ0) is 19.2. The van der Waals surface area contributed by atoms with Crippen molar-refractivity contribution in [1.82, 2.24) is 19.7 Å². The number of hydrogen-bond acceptors (Lipinski definition) is 5. The first-order chi connectivity index (χ1) is 13.4. The van der Waals surface area contributed by atoms with E-state index in [-0.39, 0.29) is 18.9 Å². The summed E-state index contributed by atoms with van der Waals surface area (Å²) in [5.74, 6) is -0.512. The summed E-state index contributed by atoms with van der Waals surface area (Å²) in [6.07, 6.45) is 5.02. The quantitative estimate of drug-likeness (QED) is 0.699. The summed E-state index contributed by atoms with van der Waals surface area (Å²) < 4.78 is 35.1. The number of anilines is 1. The minimum absolute atomic E-state index is 0.165. The molecular weight excluding hydrogens is 364 g/mol. The SMILES string of the molecule is CC1CCc2c(c3c(N)ncnc3n2C2CC(F)(F)C2)-c2noc(C3CC3)c21. The van der Waals surface area contributed by atoms with Crippen molar-refractivity contribution < 1.29 is 13.3 Å². The van der Waals surface area contributed by atoms with E-state index in [1.54, 1.807) is 0 Å². The van der Waals surface area contributed by atoms with Gasteiger partial charge in [-0.2, -0.15) is 0 Å². The average Bonchev–Trinajstić information content (AvgIpc) is 3.32. The van der Waals surface area contributed by atoms with E-state index in [4.69, 9.17) is 10.3 Å². The first-order valence-electron chi connectivity index (χ1n) is 9.95. The maximum atomic E-state index is 13.7. The van der Waals surface area contributed by atoms with E-state index >= 15 is 0 Å². The second-order valence-electron chi connectivity index (χ2n) is 8.59. The molecule has 0 aromatic carbocycles. The van der Waals surface area contributed by atoms with E-state index in [2.05, 4.69) is 22.0 Å². The second kappa shape index (κ2) is 5.30. The van der Waals surface area contributed by atoms with Crippen molar-refractivity contribution in [1.29, 1.82) is 0 Å². The van der Waals surface area contributed by atoms with Crippen molar-refractivity contribution in [3.8, 4) is 11.3 Å². The van der Waals surface area contributed by atoms with Crippen LogP contribution in [0.25, 0.3) is 22.3 Å². The third-order valence-corrected chi connectivity index (χ3v) is 6.60. The topological polar surface area (TPSA) is 82.8 Å². The van der Waals surface area contributed by atoms with Gasteiger partial charge >= 0.3 is 0 Å². The summed E-state index contributed by atoms with van der Waals surface area (Å²) in [6.45, 7) is 2.19. The van der Waals surface area contributed by atoms with E-state index in [1.165, 1.54) is 6.33 Å². The normalized spacial score (nSPS) is 23.9. The van der Waals surface area contributed by atoms with Crippen LogP contribution in [-0.4, -0.2) is 25.6 Å². The van der Waals surface area contributed by atoms with Gasteiger partial charge in [0.25, 0.3) is 5.92 Å². The highest BCUT2D eigenvalue weighted by molar-refractivity contribution is 6.02. The molecule has 0 saturated heterocycles. The van der Waals surface area contributed by atoms with Crippen LogP contribution in [0, 0.1) is 0 Å². The van der Waals surface area contributed by atoms with E-state index in [0.717, 1.165) is 59.3 Å². The molecule has 2 saturated carbocycles. The fourth-order valence-corrected chi connectivity index (χ4v) is 5.01. The predicted octanol–water partition coefficient (Wildman–Crippen LogP) is 4.57. The Morgan fingerprint density at radius 2 is 2.00 bits per heavy atom. The van der Waals surface area contributed by atoms with Crippen LogP contribution in [0.3, 0.4) is 0 Å². The van der Waals surface area contributed by atoms with Crippen LogP contribution in [0.1, 0.15) is 73.9 Å². The highest BCUT2D eigenvalue weighted by atomic mass is 19.3. The molecule has 6 rings (SSSR count). The molecule has 0 bridgehead atoms. The molecule has 0 radical (unpaired) electrons. The number of nitrogen functional groups attached to an aromatic ring is 1. The molecule has 146 valence electrons. The molecular formula is C20H21F2N5O. The summed E-state index contributed by atoms with van der Waals surface area (Å²) in [5.41, 5.74) is 10.7. The molecule has 3 aliphatic carbocycles. The van der Waals surface area contributed by atoms with Crippen molar-refractivity contribution in [2.75, 3.05) is 5.73 Å². The molecule has 2 N–H and O–H groups in total. The molecule has 0 amide bonds. The molecule has 1 atom stereocenters. The molecule has 0 spiro atoms. The first-order valence-corrected chi connectivity index (χ1v) is 9.95. The Labute approximate surface area is 160 Å². The van der Waals surface area contributed by atoms with Crippen molar-refractivity contribution >= 4 is 16.9 Å². The van der Waals surface area contributed by atoms with Gasteiger partial charge in [-0.25, -0.2) is 18.7 Å². The fraction of sp³-hybridized carbons (Fsp3) is 0.550. The largest absolute Gasteiger partial charge is 0.383 e. The highest BCUT2D eigenvalue weighted by Crippen LogP contribution is 2.53. The number of fused-ring (bicyclic) bond motifs is 5. The molecule has 6 nitrogen and oxygen atoms in total. The Morgan fingerprint density at radius 3 is 2.71 bits per heavy atom. The minimum atomic E-state index is -2.61. The molecule has 1 unspecified atom stereocenters. The predicted molar refractivity (Wildman–Crippen MR) is 99.4 cm³/mol. The van der Waals surface area contributed by atoms with Crippen LogP contribution in [0.5, 0.6) is 0 Å². The van der Waals surface area contributed by atoms with Gasteiger partial charge in [0.2, 0.25) is 0 Å². The Morgan fingerprint density at radius 1 is 1.21 bits per heavy atom. The fourth-order valence-electron chi connectivity index (χ4n) is 5.01. The molecule has 28 heavy (non-hydrogen) atoms. The summed E-state index contributed by atoms with van der Waals surface area (Å²) >= 11 is 0. The smallest absolute Gasteiger partial charge is 0.252 e. The Bertz CT molecular complexity index is 1110. The van der Waals surface area contributed by atoms with Gasteiger partial charge in [0.15, 0.2) is 0 Å². The zero-order valence-corrected chi connectivity index (χ0v) is 15.6. The van der Waals surface area contributed by atoms with Crippen molar-refractivity contribution in [3.63, 3.8) is 0 Å². The molecule has 3 aliphatic rings. The summed E-state index contributed by atoms with van der Waals surface area (Å²) in [4.78, 5) is 8.63. The lowest BCUT2D eigenvalue weighted by atomic mass is 9.87. The third kappa shape index (κ3) is 2.14. The Kier molecular flexibility index (Phi) is 3.11. The van der Waals surface area contributed by atoms with Gasteiger partial charge < -0.3 is 14.8 Å². The van der Waals surface area contributed by atoms with Crippen molar-refractivity contribution in [2.24, 2.45) is 0 Å². The molecule has 3 aromatic rings. The van der Waals surface area contributed by atoms with Crippen LogP contribution in [0.4, 0.5) is 14.6 Å². The molecule has 2 fully saturated rings. The molecule has 0 aliphatic heterocycles. The number of aromatic nitrogens is 4. The molecule has 8 heteroatoms. The van der Waals surface area contributed by atoms with Crippen molar-refractivity contribution in [2.45, 2.75) is 69.2 Å². The summed E-state index contributed by atoms with van der Waals surface area (Å²) in [7, 11) is 0. The van der Waals surface area contributed by atoms with E-state index in [9.17, 15) is 8.78 Å². The number of rotatable bonds is 2. The van der Waals surface area contributed by atoms with Gasteiger partial charge in [0.1, 0.15) is 29.2 Å². The number of nitrogens with zero attached hydrogens (tertiary/aromatic N) is 4. The number of nitrogens with two attached hydrogens (primary N) is 1. The maximum absolute atomic E-state index is 13.7. The lowest BCUT2D eigenvalue weighted by Gasteiger charge is -2.37. The first kappa shape index (κ1) is 16.4. The van der Waals surface area contributed by atoms with Gasteiger partial charge in [-0.15, -0.1) is 0 Å². The second-order valence-corrected chi connectivity index (χ2v) is 8.59. The highest BCUT2D eigenvalue weighted by Gasteiger charge is 2.48. The van der Waals surface area contributed by atoms with Gasteiger partial charge in [0, 0.05) is 41.6 Å². The van der Waals surface area contributed by atoms with Gasteiger partial charge in [-0.1, -0.05) is 12.1 Å². The van der Waals surface area contributed by atoms with Crippen LogP contribution in [0.2, 0.25) is 0 Å². The maximum Gasteiger partial charge on any atom is 0.252 e. The van der Waals surface area contributed by atoms with E-state index in [0.29, 0.717) is 23.3 Å². The molecule has 3 aromatic heterocycles. The standard InChI is InChI=1S/C20H21F2N5O/c1-9-2-5-12-14(16-13(9)17(28-26-16)10-3-4-10)15-18(23)24-8-25-19(15)27(12)11-6-20(21,22)7-11/h8-11H,2-7H2,1H3,(H2,23,24,25). The molecule has 3 heterocycles. The third-order valence-electron chi connectivity index (χ3n) is 6.60. The monoisotopic (exact) mass is 385 g/mol. The number of hydrogen-bond donors (Lipinski definition) is 1. The number of alkyl halides is 2. The lowest BCUT2D eigenvalue weighted by molar-refractivity contribution is -0.103. The Hall–Kier alpha value is -2.51. The number of halogens is 2. The summed E-state index contributed by atoms with van der Waals surface area (Å²) in [6, 6.07) is -0.276. The van der Waals surface area contributed by atoms with Gasteiger partial charge in [-0.05, 0) is 31.6 Å². The minimum Gasteiger partial charge on any atom is -0.383 e.